The molecule has 3 rings (SSSR count). The second kappa shape index (κ2) is 7.61. The van der Waals surface area contributed by atoms with Crippen LogP contribution in [0.5, 0.6) is 0 Å². The summed E-state index contributed by atoms with van der Waals surface area (Å²) in [7, 11) is 1.82. The monoisotopic (exact) mass is 374 g/mol. The summed E-state index contributed by atoms with van der Waals surface area (Å²) < 4.78 is 39.4. The van der Waals surface area contributed by atoms with E-state index in [0.29, 0.717) is 5.56 Å². The van der Waals surface area contributed by atoms with E-state index in [1.54, 1.807) is 23.3 Å². The third-order valence-corrected chi connectivity index (χ3v) is 3.97. The Bertz CT molecular complexity index is 933. The summed E-state index contributed by atoms with van der Waals surface area (Å²) in [6.45, 7) is 0.278. The molecule has 8 heteroatoms. The van der Waals surface area contributed by atoms with Crippen LogP contribution in [-0.4, -0.2) is 20.7 Å². The second-order valence-electron chi connectivity index (χ2n) is 6.13. The maximum absolute atomic E-state index is 12.6. The highest BCUT2D eigenvalue weighted by atomic mass is 19.4. The maximum Gasteiger partial charge on any atom is 0.416 e. The van der Waals surface area contributed by atoms with Gasteiger partial charge in [-0.2, -0.15) is 18.3 Å². The maximum atomic E-state index is 12.6. The van der Waals surface area contributed by atoms with Gasteiger partial charge in [0.05, 0.1) is 18.2 Å². The van der Waals surface area contributed by atoms with E-state index in [1.807, 2.05) is 19.3 Å². The van der Waals surface area contributed by atoms with E-state index in [0.717, 1.165) is 28.8 Å². The summed E-state index contributed by atoms with van der Waals surface area (Å²) in [5.74, 6) is -0.276. The number of benzene rings is 1. The molecule has 1 aromatic carbocycles. The molecule has 0 aliphatic rings. The topological polar surface area (TPSA) is 59.8 Å². The highest BCUT2D eigenvalue weighted by Crippen LogP contribution is 2.29. The van der Waals surface area contributed by atoms with Crippen molar-refractivity contribution in [2.24, 2.45) is 7.05 Å². The summed E-state index contributed by atoms with van der Waals surface area (Å²) >= 11 is 0. The van der Waals surface area contributed by atoms with Gasteiger partial charge in [0.15, 0.2) is 0 Å². The summed E-state index contributed by atoms with van der Waals surface area (Å²) in [6, 6.07) is 6.48. The van der Waals surface area contributed by atoms with E-state index in [1.165, 1.54) is 12.1 Å². The Hall–Kier alpha value is -3.16. The first-order valence-electron chi connectivity index (χ1n) is 8.17. The number of aromatic nitrogens is 3. The van der Waals surface area contributed by atoms with E-state index >= 15 is 0 Å². The number of carbonyl (C=O) groups is 1. The zero-order valence-electron chi connectivity index (χ0n) is 14.5. The lowest BCUT2D eigenvalue weighted by Gasteiger charge is -2.09. The van der Waals surface area contributed by atoms with Crippen LogP contribution in [0.2, 0.25) is 0 Å². The average Bonchev–Trinajstić information content (AvgIpc) is 3.06. The number of halogens is 3. The lowest BCUT2D eigenvalue weighted by Crippen LogP contribution is -2.24. The molecule has 0 bridgehead atoms. The molecule has 0 unspecified atom stereocenters. The number of hydrogen-bond donors (Lipinski definition) is 1. The molecule has 0 radical (unpaired) electrons. The van der Waals surface area contributed by atoms with Crippen LogP contribution < -0.4 is 5.32 Å². The molecule has 5 nitrogen and oxygen atoms in total. The molecule has 0 saturated heterocycles. The molecule has 0 fully saturated rings. The number of rotatable bonds is 5. The van der Waals surface area contributed by atoms with Gasteiger partial charge in [0.25, 0.3) is 0 Å². The third kappa shape index (κ3) is 4.93. The van der Waals surface area contributed by atoms with Crippen molar-refractivity contribution in [1.82, 2.24) is 20.1 Å². The van der Waals surface area contributed by atoms with Gasteiger partial charge in [-0.05, 0) is 29.3 Å². The smallest absolute Gasteiger partial charge is 0.352 e. The van der Waals surface area contributed by atoms with Crippen LogP contribution in [0.3, 0.4) is 0 Å². The van der Waals surface area contributed by atoms with Crippen molar-refractivity contribution in [2.45, 2.75) is 19.1 Å². The normalized spacial score (nSPS) is 11.4. The lowest BCUT2D eigenvalue weighted by molar-refractivity contribution is -0.137. The van der Waals surface area contributed by atoms with Crippen molar-refractivity contribution in [3.8, 4) is 11.1 Å². The minimum Gasteiger partial charge on any atom is -0.352 e. The number of amides is 1. The quantitative estimate of drug-likeness (QED) is 0.745. The SMILES string of the molecule is Cn1cc(-c2cncc(CNC(=O)Cc3ccc(C(F)(F)F)cc3)c2)cn1. The van der Waals surface area contributed by atoms with E-state index in [9.17, 15) is 18.0 Å². The number of nitrogens with one attached hydrogen (secondary N) is 1. The van der Waals surface area contributed by atoms with Crippen LogP contribution in [0, 0.1) is 0 Å². The van der Waals surface area contributed by atoms with E-state index in [-0.39, 0.29) is 18.9 Å². The number of nitrogens with zero attached hydrogens (tertiary/aromatic N) is 3. The van der Waals surface area contributed by atoms with Crippen LogP contribution >= 0.6 is 0 Å². The van der Waals surface area contributed by atoms with Gasteiger partial charge in [-0.1, -0.05) is 12.1 Å². The number of alkyl halides is 3. The minimum atomic E-state index is -4.38. The van der Waals surface area contributed by atoms with Gasteiger partial charge < -0.3 is 5.32 Å². The van der Waals surface area contributed by atoms with Gasteiger partial charge in [0, 0.05) is 43.3 Å². The van der Waals surface area contributed by atoms with Crippen LogP contribution in [0.4, 0.5) is 13.2 Å². The van der Waals surface area contributed by atoms with Gasteiger partial charge in [0.2, 0.25) is 5.91 Å². The molecule has 0 aliphatic heterocycles. The largest absolute Gasteiger partial charge is 0.416 e. The third-order valence-electron chi connectivity index (χ3n) is 3.97. The number of pyridine rings is 1. The molecule has 0 atom stereocenters. The van der Waals surface area contributed by atoms with Crippen molar-refractivity contribution < 1.29 is 18.0 Å². The van der Waals surface area contributed by atoms with Crippen molar-refractivity contribution in [1.29, 1.82) is 0 Å². The van der Waals surface area contributed by atoms with E-state index < -0.39 is 11.7 Å². The fourth-order valence-electron chi connectivity index (χ4n) is 2.57. The highest BCUT2D eigenvalue weighted by molar-refractivity contribution is 5.78. The first-order valence-corrected chi connectivity index (χ1v) is 8.17. The number of hydrogen-bond acceptors (Lipinski definition) is 3. The molecule has 1 N–H and O–H groups in total. The Kier molecular flexibility index (Phi) is 5.25. The van der Waals surface area contributed by atoms with Crippen LogP contribution in [-0.2, 0) is 31.0 Å². The molecular formula is C19H17F3N4O. The zero-order valence-corrected chi connectivity index (χ0v) is 14.5. The van der Waals surface area contributed by atoms with Crippen LogP contribution in [0.15, 0.2) is 55.1 Å². The van der Waals surface area contributed by atoms with Crippen molar-refractivity contribution >= 4 is 5.91 Å². The molecule has 0 spiro atoms. The molecule has 0 saturated carbocycles. The summed E-state index contributed by atoms with van der Waals surface area (Å²) in [5.41, 5.74) is 2.41. The molecular weight excluding hydrogens is 357 g/mol. The molecule has 2 heterocycles. The molecule has 140 valence electrons. The molecule has 27 heavy (non-hydrogen) atoms. The predicted octanol–water partition coefficient (Wildman–Crippen LogP) is 3.36. The Labute approximate surface area is 153 Å². The number of aryl methyl sites for hydroxylation is 1. The van der Waals surface area contributed by atoms with Gasteiger partial charge in [0.1, 0.15) is 0 Å². The van der Waals surface area contributed by atoms with Crippen LogP contribution in [0.25, 0.3) is 11.1 Å². The average molecular weight is 374 g/mol. The van der Waals surface area contributed by atoms with Gasteiger partial charge in [-0.25, -0.2) is 0 Å². The summed E-state index contributed by atoms with van der Waals surface area (Å²) in [4.78, 5) is 16.2. The van der Waals surface area contributed by atoms with Crippen molar-refractivity contribution in [3.05, 3.63) is 71.8 Å². The highest BCUT2D eigenvalue weighted by Gasteiger charge is 2.29. The Morgan fingerprint density at radius 2 is 1.81 bits per heavy atom. The lowest BCUT2D eigenvalue weighted by atomic mass is 10.1. The Balaban J connectivity index is 1.58. The molecule has 1 amide bonds. The molecule has 0 aliphatic carbocycles. The first kappa shape index (κ1) is 18.6. The molecule has 2 aromatic heterocycles. The number of carbonyl (C=O) groups excluding carboxylic acids is 1. The fourth-order valence-corrected chi connectivity index (χ4v) is 2.57. The van der Waals surface area contributed by atoms with Crippen LogP contribution in [0.1, 0.15) is 16.7 Å². The van der Waals surface area contributed by atoms with Crippen molar-refractivity contribution in [3.63, 3.8) is 0 Å². The summed E-state index contributed by atoms with van der Waals surface area (Å²) in [6.07, 6.45) is 2.58. The Morgan fingerprint density at radius 3 is 2.44 bits per heavy atom. The predicted molar refractivity (Wildman–Crippen MR) is 93.4 cm³/mol. The standard InChI is InChI=1S/C19H17F3N4O/c1-26-12-16(11-25-26)15-6-14(8-23-10-15)9-24-18(27)7-13-2-4-17(5-3-13)19(20,21)22/h2-6,8,10-12H,7,9H2,1H3,(H,24,27). The zero-order chi connectivity index (χ0) is 19.4. The van der Waals surface area contributed by atoms with Gasteiger partial charge in [-0.3, -0.25) is 14.5 Å². The summed E-state index contributed by atoms with van der Waals surface area (Å²) in [5, 5.41) is 6.87. The molecule has 3 aromatic rings. The second-order valence-corrected chi connectivity index (χ2v) is 6.13. The fraction of sp³-hybridized carbons (Fsp3) is 0.211. The Morgan fingerprint density at radius 1 is 1.07 bits per heavy atom. The van der Waals surface area contributed by atoms with Gasteiger partial charge in [-0.15, -0.1) is 0 Å². The first-order chi connectivity index (χ1) is 12.8. The van der Waals surface area contributed by atoms with Gasteiger partial charge >= 0.3 is 6.18 Å². The van der Waals surface area contributed by atoms with E-state index in [2.05, 4.69) is 15.4 Å². The van der Waals surface area contributed by atoms with E-state index in [4.69, 9.17) is 0 Å². The van der Waals surface area contributed by atoms with Crippen molar-refractivity contribution in [2.75, 3.05) is 0 Å². The minimum absolute atomic E-state index is 0.00780.